The van der Waals surface area contributed by atoms with Crippen molar-refractivity contribution in [3.05, 3.63) is 58.3 Å². The highest BCUT2D eigenvalue weighted by Crippen LogP contribution is 2.21. The molecule has 0 atom stereocenters. The lowest BCUT2D eigenvalue weighted by molar-refractivity contribution is 0.102. The Balaban J connectivity index is 2.25. The van der Waals surface area contributed by atoms with Crippen LogP contribution in [-0.2, 0) is 0 Å². The number of halogens is 2. The van der Waals surface area contributed by atoms with Crippen molar-refractivity contribution in [1.82, 2.24) is 0 Å². The first kappa shape index (κ1) is 12.6. The molecule has 0 aromatic heterocycles. The summed E-state index contributed by atoms with van der Waals surface area (Å²) in [6, 6.07) is 11.0. The third-order valence-corrected chi connectivity index (χ3v) is 3.02. The van der Waals surface area contributed by atoms with Crippen molar-refractivity contribution in [3.63, 3.8) is 0 Å². The van der Waals surface area contributed by atoms with Crippen LogP contribution in [-0.4, -0.2) is 5.91 Å². The van der Waals surface area contributed by atoms with Gasteiger partial charge >= 0.3 is 0 Å². The van der Waals surface area contributed by atoms with E-state index in [1.54, 1.807) is 30.3 Å². The minimum atomic E-state index is -0.572. The number of nitrogen functional groups attached to an aromatic ring is 1. The predicted octanol–water partition coefficient (Wildman–Crippen LogP) is 3.42. The highest BCUT2D eigenvalue weighted by Gasteiger charge is 2.15. The van der Waals surface area contributed by atoms with E-state index in [1.165, 1.54) is 12.1 Å². The van der Waals surface area contributed by atoms with E-state index in [-0.39, 0.29) is 5.56 Å². The van der Waals surface area contributed by atoms with Crippen LogP contribution in [0.2, 0.25) is 0 Å². The highest BCUT2D eigenvalue weighted by molar-refractivity contribution is 9.10. The van der Waals surface area contributed by atoms with Gasteiger partial charge in [-0.25, -0.2) is 4.39 Å². The molecule has 92 valence electrons. The summed E-state index contributed by atoms with van der Waals surface area (Å²) in [5.74, 6) is -1.08. The summed E-state index contributed by atoms with van der Waals surface area (Å²) < 4.78 is 14.0. The number of hydrogen-bond acceptors (Lipinski definition) is 2. The van der Waals surface area contributed by atoms with Gasteiger partial charge in [0, 0.05) is 15.8 Å². The van der Waals surface area contributed by atoms with Crippen LogP contribution < -0.4 is 11.1 Å². The standard InChI is InChI=1S/C13H10BrFN2O/c14-10-2-1-3-11(15)12(10)13(18)17-9-6-4-8(16)5-7-9/h1-7H,16H2,(H,17,18). The smallest absolute Gasteiger partial charge is 0.259 e. The lowest BCUT2D eigenvalue weighted by Crippen LogP contribution is -2.14. The first-order valence-corrected chi connectivity index (χ1v) is 5.98. The number of carbonyl (C=O) groups excluding carboxylic acids is 1. The molecule has 2 aromatic rings. The van der Waals surface area contributed by atoms with Crippen LogP contribution >= 0.6 is 15.9 Å². The van der Waals surface area contributed by atoms with Gasteiger partial charge < -0.3 is 11.1 Å². The van der Waals surface area contributed by atoms with Crippen LogP contribution in [0.1, 0.15) is 10.4 Å². The molecule has 5 heteroatoms. The van der Waals surface area contributed by atoms with Crippen LogP contribution in [0.15, 0.2) is 46.9 Å². The zero-order chi connectivity index (χ0) is 13.1. The summed E-state index contributed by atoms with van der Waals surface area (Å²) in [5.41, 5.74) is 6.67. The van der Waals surface area contributed by atoms with Crippen LogP contribution in [0.5, 0.6) is 0 Å². The number of benzene rings is 2. The van der Waals surface area contributed by atoms with Crippen LogP contribution in [0.3, 0.4) is 0 Å². The summed E-state index contributed by atoms with van der Waals surface area (Å²) in [6.07, 6.45) is 0. The second kappa shape index (κ2) is 5.18. The Labute approximate surface area is 112 Å². The van der Waals surface area contributed by atoms with Gasteiger partial charge in [0.05, 0.1) is 5.56 Å². The van der Waals surface area contributed by atoms with E-state index in [4.69, 9.17) is 5.73 Å². The Morgan fingerprint density at radius 3 is 2.44 bits per heavy atom. The summed E-state index contributed by atoms with van der Waals surface area (Å²) in [7, 11) is 0. The van der Waals surface area contributed by atoms with Crippen molar-refractivity contribution in [2.45, 2.75) is 0 Å². The topological polar surface area (TPSA) is 55.1 Å². The van der Waals surface area contributed by atoms with E-state index in [9.17, 15) is 9.18 Å². The Morgan fingerprint density at radius 2 is 1.83 bits per heavy atom. The van der Waals surface area contributed by atoms with E-state index < -0.39 is 11.7 Å². The molecule has 0 heterocycles. The van der Waals surface area contributed by atoms with E-state index >= 15 is 0 Å². The van der Waals surface area contributed by atoms with Crippen molar-refractivity contribution in [1.29, 1.82) is 0 Å². The number of nitrogens with two attached hydrogens (primary N) is 1. The number of amides is 1. The Morgan fingerprint density at radius 1 is 1.17 bits per heavy atom. The van der Waals surface area contributed by atoms with Crippen molar-refractivity contribution in [2.24, 2.45) is 0 Å². The fourth-order valence-corrected chi connectivity index (χ4v) is 2.00. The normalized spacial score (nSPS) is 10.1. The first-order valence-electron chi connectivity index (χ1n) is 5.19. The maximum atomic E-state index is 13.6. The highest BCUT2D eigenvalue weighted by atomic mass is 79.9. The molecule has 0 bridgehead atoms. The van der Waals surface area contributed by atoms with E-state index in [0.717, 1.165) is 0 Å². The van der Waals surface area contributed by atoms with Gasteiger partial charge in [-0.2, -0.15) is 0 Å². The summed E-state index contributed by atoms with van der Waals surface area (Å²) in [4.78, 5) is 11.9. The van der Waals surface area contributed by atoms with E-state index in [1.807, 2.05) is 0 Å². The van der Waals surface area contributed by atoms with Crippen molar-refractivity contribution in [3.8, 4) is 0 Å². The molecule has 1 amide bonds. The second-order valence-electron chi connectivity index (χ2n) is 3.67. The number of rotatable bonds is 2. The number of nitrogens with one attached hydrogen (secondary N) is 1. The number of carbonyl (C=O) groups is 1. The van der Waals surface area contributed by atoms with Gasteiger partial charge in [0.15, 0.2) is 0 Å². The largest absolute Gasteiger partial charge is 0.399 e. The predicted molar refractivity (Wildman–Crippen MR) is 72.9 cm³/mol. The number of anilines is 2. The lowest BCUT2D eigenvalue weighted by atomic mass is 10.2. The summed E-state index contributed by atoms with van der Waals surface area (Å²) in [5, 5.41) is 2.60. The molecular formula is C13H10BrFN2O. The third-order valence-electron chi connectivity index (χ3n) is 2.36. The van der Waals surface area contributed by atoms with Gasteiger partial charge in [-0.3, -0.25) is 4.79 Å². The minimum Gasteiger partial charge on any atom is -0.399 e. The summed E-state index contributed by atoms with van der Waals surface area (Å²) in [6.45, 7) is 0. The molecule has 3 N–H and O–H groups in total. The molecule has 0 aliphatic carbocycles. The van der Waals surface area contributed by atoms with E-state index in [2.05, 4.69) is 21.2 Å². The molecule has 0 aliphatic rings. The molecular weight excluding hydrogens is 299 g/mol. The maximum absolute atomic E-state index is 13.6. The van der Waals surface area contributed by atoms with Gasteiger partial charge in [-0.1, -0.05) is 6.07 Å². The van der Waals surface area contributed by atoms with Gasteiger partial charge in [-0.05, 0) is 52.3 Å². The molecule has 0 fully saturated rings. The Bertz CT molecular complexity index is 564. The first-order chi connectivity index (χ1) is 8.58. The molecule has 2 aromatic carbocycles. The molecule has 0 saturated heterocycles. The lowest BCUT2D eigenvalue weighted by Gasteiger charge is -2.08. The monoisotopic (exact) mass is 308 g/mol. The van der Waals surface area contributed by atoms with E-state index in [0.29, 0.717) is 15.8 Å². The molecule has 0 saturated carbocycles. The SMILES string of the molecule is Nc1ccc(NC(=O)c2c(F)cccc2Br)cc1. The van der Waals surface area contributed by atoms with Gasteiger partial charge in [0.2, 0.25) is 0 Å². The quantitative estimate of drug-likeness (QED) is 0.835. The fourth-order valence-electron chi connectivity index (χ4n) is 1.47. The van der Waals surface area contributed by atoms with Gasteiger partial charge in [0.1, 0.15) is 5.82 Å². The van der Waals surface area contributed by atoms with Crippen molar-refractivity contribution in [2.75, 3.05) is 11.1 Å². The molecule has 18 heavy (non-hydrogen) atoms. The molecule has 2 rings (SSSR count). The summed E-state index contributed by atoms with van der Waals surface area (Å²) >= 11 is 3.15. The Kier molecular flexibility index (Phi) is 3.62. The van der Waals surface area contributed by atoms with Gasteiger partial charge in [-0.15, -0.1) is 0 Å². The second-order valence-corrected chi connectivity index (χ2v) is 4.53. The molecule has 0 unspecified atom stereocenters. The zero-order valence-corrected chi connectivity index (χ0v) is 10.9. The van der Waals surface area contributed by atoms with Crippen molar-refractivity contribution >= 4 is 33.2 Å². The average molecular weight is 309 g/mol. The molecule has 3 nitrogen and oxygen atoms in total. The fraction of sp³-hybridized carbons (Fsp3) is 0. The van der Waals surface area contributed by atoms with Crippen LogP contribution in [0, 0.1) is 5.82 Å². The third kappa shape index (κ3) is 2.68. The van der Waals surface area contributed by atoms with Crippen LogP contribution in [0.4, 0.5) is 15.8 Å². The van der Waals surface area contributed by atoms with Gasteiger partial charge in [0.25, 0.3) is 5.91 Å². The average Bonchev–Trinajstić information content (AvgIpc) is 2.32. The Hall–Kier alpha value is -1.88. The minimum absolute atomic E-state index is 0.0191. The molecule has 0 radical (unpaired) electrons. The molecule has 0 aliphatic heterocycles. The molecule has 0 spiro atoms. The van der Waals surface area contributed by atoms with Crippen molar-refractivity contribution < 1.29 is 9.18 Å². The maximum Gasteiger partial charge on any atom is 0.259 e. The van der Waals surface area contributed by atoms with Crippen LogP contribution in [0.25, 0.3) is 0 Å². The number of hydrogen-bond donors (Lipinski definition) is 2. The zero-order valence-electron chi connectivity index (χ0n) is 9.28.